The van der Waals surface area contributed by atoms with Crippen molar-refractivity contribution in [2.45, 2.75) is 6.92 Å². The van der Waals surface area contributed by atoms with Gasteiger partial charge in [-0.25, -0.2) is 0 Å². The molecular formula is C4H6N2O. The van der Waals surface area contributed by atoms with Crippen molar-refractivity contribution >= 4 is 5.71 Å². The van der Waals surface area contributed by atoms with Gasteiger partial charge in [0.15, 0.2) is 0 Å². The SMILES string of the molecule is CC1=NNOC=C1. The van der Waals surface area contributed by atoms with E-state index in [2.05, 4.69) is 15.5 Å². The van der Waals surface area contributed by atoms with Crippen LogP contribution in [0.1, 0.15) is 6.92 Å². The van der Waals surface area contributed by atoms with Gasteiger partial charge in [-0.15, -0.1) is 10.7 Å². The maximum absolute atomic E-state index is 4.52. The summed E-state index contributed by atoms with van der Waals surface area (Å²) in [5, 5.41) is 3.69. The van der Waals surface area contributed by atoms with Gasteiger partial charge in [-0.2, -0.15) is 0 Å². The van der Waals surface area contributed by atoms with Crippen molar-refractivity contribution in [2.75, 3.05) is 0 Å². The molecule has 0 saturated carbocycles. The molecule has 1 heterocycles. The largest absolute Gasteiger partial charge is 0.373 e. The van der Waals surface area contributed by atoms with E-state index in [0.29, 0.717) is 0 Å². The molecule has 0 unspecified atom stereocenters. The zero-order valence-corrected chi connectivity index (χ0v) is 4.01. The van der Waals surface area contributed by atoms with Crippen LogP contribution >= 0.6 is 0 Å². The van der Waals surface area contributed by atoms with Crippen LogP contribution in [0.25, 0.3) is 0 Å². The first kappa shape index (κ1) is 4.18. The Hall–Kier alpha value is -0.990. The van der Waals surface area contributed by atoms with Gasteiger partial charge in [0.2, 0.25) is 0 Å². The van der Waals surface area contributed by atoms with Crippen molar-refractivity contribution < 1.29 is 4.84 Å². The Morgan fingerprint density at radius 3 is 3.00 bits per heavy atom. The lowest BCUT2D eigenvalue weighted by atomic mass is 10.4. The van der Waals surface area contributed by atoms with Crippen LogP contribution in [0.5, 0.6) is 0 Å². The number of hydrogen-bond donors (Lipinski definition) is 1. The second kappa shape index (κ2) is 1.64. The fourth-order valence-electron chi connectivity index (χ4n) is 0.299. The maximum atomic E-state index is 4.52. The maximum Gasteiger partial charge on any atom is 0.123 e. The first-order valence-corrected chi connectivity index (χ1v) is 2.01. The van der Waals surface area contributed by atoms with E-state index in [1.54, 1.807) is 12.3 Å². The van der Waals surface area contributed by atoms with Gasteiger partial charge in [-0.05, 0) is 13.0 Å². The van der Waals surface area contributed by atoms with Crippen LogP contribution in [0.4, 0.5) is 0 Å². The van der Waals surface area contributed by atoms with Crippen molar-refractivity contribution in [3.05, 3.63) is 12.3 Å². The van der Waals surface area contributed by atoms with Crippen molar-refractivity contribution in [1.29, 1.82) is 0 Å². The monoisotopic (exact) mass is 98.0 g/mol. The van der Waals surface area contributed by atoms with Crippen LogP contribution in [-0.2, 0) is 4.84 Å². The summed E-state index contributed by atoms with van der Waals surface area (Å²) in [4.78, 5) is 4.52. The molecule has 0 aromatic heterocycles. The van der Waals surface area contributed by atoms with Gasteiger partial charge in [-0.3, -0.25) is 0 Å². The summed E-state index contributed by atoms with van der Waals surface area (Å²) in [5.74, 6) is 0. The van der Waals surface area contributed by atoms with E-state index in [9.17, 15) is 0 Å². The average Bonchev–Trinajstić information content (AvgIpc) is 1.69. The molecule has 0 atom stereocenters. The Bertz CT molecular complexity index is 117. The quantitative estimate of drug-likeness (QED) is 0.476. The average molecular weight is 98.1 g/mol. The summed E-state index contributed by atoms with van der Waals surface area (Å²) in [5.41, 5.74) is 3.26. The topological polar surface area (TPSA) is 33.6 Å². The summed E-state index contributed by atoms with van der Waals surface area (Å²) in [6.45, 7) is 1.88. The summed E-state index contributed by atoms with van der Waals surface area (Å²) in [7, 11) is 0. The zero-order chi connectivity index (χ0) is 5.11. The molecule has 0 radical (unpaired) electrons. The van der Waals surface area contributed by atoms with E-state index in [0.717, 1.165) is 5.71 Å². The lowest BCUT2D eigenvalue weighted by molar-refractivity contribution is 0.135. The summed E-state index contributed by atoms with van der Waals surface area (Å²) < 4.78 is 0. The van der Waals surface area contributed by atoms with E-state index in [-0.39, 0.29) is 0 Å². The van der Waals surface area contributed by atoms with Crippen molar-refractivity contribution in [3.8, 4) is 0 Å². The van der Waals surface area contributed by atoms with Gasteiger partial charge in [0.25, 0.3) is 0 Å². The highest BCUT2D eigenvalue weighted by Gasteiger charge is 1.86. The minimum absolute atomic E-state index is 0.922. The second-order valence-corrected chi connectivity index (χ2v) is 1.27. The highest BCUT2D eigenvalue weighted by molar-refractivity contribution is 5.92. The van der Waals surface area contributed by atoms with Crippen LogP contribution in [0.2, 0.25) is 0 Å². The first-order valence-electron chi connectivity index (χ1n) is 2.01. The molecule has 0 saturated heterocycles. The fraction of sp³-hybridized carbons (Fsp3) is 0.250. The predicted octanol–water partition coefficient (Wildman–Crippen LogP) is 0.411. The zero-order valence-electron chi connectivity index (χ0n) is 4.01. The molecule has 1 N–H and O–H groups in total. The standard InChI is InChI=1S/C4H6N2O/c1-4-2-3-7-6-5-4/h2-3,6H,1H3. The lowest BCUT2D eigenvalue weighted by Gasteiger charge is -2.01. The van der Waals surface area contributed by atoms with Crippen LogP contribution in [0.3, 0.4) is 0 Å². The van der Waals surface area contributed by atoms with Gasteiger partial charge in [0.1, 0.15) is 6.26 Å². The van der Waals surface area contributed by atoms with Crippen molar-refractivity contribution in [3.63, 3.8) is 0 Å². The molecule has 38 valence electrons. The van der Waals surface area contributed by atoms with E-state index < -0.39 is 0 Å². The number of nitrogens with zero attached hydrogens (tertiary/aromatic N) is 1. The molecular weight excluding hydrogens is 92.1 g/mol. The van der Waals surface area contributed by atoms with E-state index >= 15 is 0 Å². The molecule has 0 amide bonds. The smallest absolute Gasteiger partial charge is 0.123 e. The van der Waals surface area contributed by atoms with Crippen molar-refractivity contribution in [1.82, 2.24) is 5.59 Å². The molecule has 3 heteroatoms. The summed E-state index contributed by atoms with van der Waals surface area (Å²) in [6.07, 6.45) is 3.32. The fourth-order valence-corrected chi connectivity index (χ4v) is 0.299. The minimum atomic E-state index is 0.922. The third-order valence-corrected chi connectivity index (χ3v) is 0.652. The lowest BCUT2D eigenvalue weighted by Crippen LogP contribution is -2.08. The molecule has 0 fully saturated rings. The van der Waals surface area contributed by atoms with Crippen LogP contribution in [0, 0.1) is 0 Å². The summed E-state index contributed by atoms with van der Waals surface area (Å²) in [6, 6.07) is 0. The molecule has 0 bridgehead atoms. The number of hydrogen-bond acceptors (Lipinski definition) is 3. The molecule has 3 nitrogen and oxygen atoms in total. The predicted molar refractivity (Wildman–Crippen MR) is 26.5 cm³/mol. The van der Waals surface area contributed by atoms with E-state index in [1.165, 1.54) is 0 Å². The Balaban J connectivity index is 2.58. The first-order chi connectivity index (χ1) is 3.39. The number of rotatable bonds is 0. The Kier molecular flexibility index (Phi) is 0.978. The Morgan fingerprint density at radius 1 is 1.86 bits per heavy atom. The number of nitrogens with one attached hydrogen (secondary N) is 1. The van der Waals surface area contributed by atoms with E-state index in [4.69, 9.17) is 0 Å². The van der Waals surface area contributed by atoms with Crippen LogP contribution in [0.15, 0.2) is 17.4 Å². The molecule has 1 rings (SSSR count). The molecule has 7 heavy (non-hydrogen) atoms. The normalized spacial score (nSPS) is 17.0. The molecule has 0 aliphatic carbocycles. The third kappa shape index (κ3) is 0.924. The van der Waals surface area contributed by atoms with Crippen molar-refractivity contribution in [2.24, 2.45) is 5.10 Å². The molecule has 1 aliphatic heterocycles. The highest BCUT2D eigenvalue weighted by Crippen LogP contribution is 1.84. The van der Waals surface area contributed by atoms with Gasteiger partial charge in [0, 0.05) is 0 Å². The molecule has 0 aromatic carbocycles. The van der Waals surface area contributed by atoms with E-state index in [1.807, 2.05) is 6.92 Å². The molecule has 0 aromatic rings. The second-order valence-electron chi connectivity index (χ2n) is 1.27. The highest BCUT2D eigenvalue weighted by atomic mass is 16.7. The molecule has 0 spiro atoms. The van der Waals surface area contributed by atoms with Gasteiger partial charge in [-0.1, -0.05) is 0 Å². The number of hydrazone groups is 1. The van der Waals surface area contributed by atoms with Gasteiger partial charge >= 0.3 is 0 Å². The van der Waals surface area contributed by atoms with Gasteiger partial charge < -0.3 is 4.84 Å². The Labute approximate surface area is 41.6 Å². The summed E-state index contributed by atoms with van der Waals surface area (Å²) >= 11 is 0. The molecule has 1 aliphatic rings. The van der Waals surface area contributed by atoms with Crippen LogP contribution < -0.4 is 5.59 Å². The number of allylic oxidation sites excluding steroid dienone is 1. The van der Waals surface area contributed by atoms with Gasteiger partial charge in [0.05, 0.1) is 5.71 Å². The third-order valence-electron chi connectivity index (χ3n) is 0.652. The minimum Gasteiger partial charge on any atom is -0.373 e. The van der Waals surface area contributed by atoms with Crippen LogP contribution in [-0.4, -0.2) is 5.71 Å². The Morgan fingerprint density at radius 2 is 2.71 bits per heavy atom.